The molecule has 6 heteroatoms. The molecule has 0 N–H and O–H groups in total. The maximum atomic E-state index is 11.8. The molecule has 0 atom stereocenters. The number of hydrogen-bond donors (Lipinski definition) is 0. The molecule has 15 heavy (non-hydrogen) atoms. The van der Waals surface area contributed by atoms with Crippen LogP contribution in [0.25, 0.3) is 0 Å². The summed E-state index contributed by atoms with van der Waals surface area (Å²) >= 11 is 7.89. The van der Waals surface area contributed by atoms with Crippen LogP contribution >= 0.6 is 43.2 Å². The van der Waals surface area contributed by atoms with E-state index in [1.807, 2.05) is 0 Å². The summed E-state index contributed by atoms with van der Waals surface area (Å²) in [6, 6.07) is 0. The number of hydrogen-bond acceptors (Lipinski definition) is 3. The summed E-state index contributed by atoms with van der Waals surface area (Å²) in [4.78, 5) is 24.9. The topological polar surface area (TPSA) is 37.4 Å². The highest BCUT2D eigenvalue weighted by Gasteiger charge is 2.40. The van der Waals surface area contributed by atoms with Crippen molar-refractivity contribution in [3.63, 3.8) is 0 Å². The van der Waals surface area contributed by atoms with Crippen molar-refractivity contribution in [2.75, 3.05) is 6.54 Å². The molecule has 0 unspecified atom stereocenters. The third kappa shape index (κ3) is 1.51. The first-order valence-electron chi connectivity index (χ1n) is 4.02. The SMILES string of the molecule is C=CCN1C(=O)c2c(Br)sc(Br)c2C1=O. The molecule has 0 fully saturated rings. The van der Waals surface area contributed by atoms with Gasteiger partial charge < -0.3 is 0 Å². The summed E-state index contributed by atoms with van der Waals surface area (Å²) in [5.41, 5.74) is 0.914. The van der Waals surface area contributed by atoms with Crippen LogP contribution in [0.2, 0.25) is 0 Å². The number of rotatable bonds is 2. The Morgan fingerprint density at radius 1 is 1.20 bits per heavy atom. The number of thiophene rings is 1. The van der Waals surface area contributed by atoms with Crippen LogP contribution in [0.4, 0.5) is 0 Å². The zero-order valence-corrected chi connectivity index (χ0v) is 11.4. The lowest BCUT2D eigenvalue weighted by Crippen LogP contribution is -2.29. The van der Waals surface area contributed by atoms with Crippen LogP contribution in [0, 0.1) is 0 Å². The fourth-order valence-corrected chi connectivity index (χ4v) is 4.52. The van der Waals surface area contributed by atoms with Crippen molar-refractivity contribution in [1.82, 2.24) is 4.90 Å². The standard InChI is InChI=1S/C9H5Br2NO2S/c1-2-3-12-8(13)4-5(9(12)14)7(11)15-6(4)10/h2H,1,3H2. The van der Waals surface area contributed by atoms with Gasteiger partial charge in [0.1, 0.15) is 0 Å². The lowest BCUT2D eigenvalue weighted by molar-refractivity contribution is 0.0671. The average Bonchev–Trinajstić information content (AvgIpc) is 2.59. The fourth-order valence-electron chi connectivity index (χ4n) is 1.42. The van der Waals surface area contributed by atoms with Gasteiger partial charge in [0, 0.05) is 6.54 Å². The molecule has 0 aliphatic carbocycles. The van der Waals surface area contributed by atoms with Gasteiger partial charge in [0.05, 0.1) is 18.7 Å². The van der Waals surface area contributed by atoms with Gasteiger partial charge in [-0.05, 0) is 31.9 Å². The van der Waals surface area contributed by atoms with Gasteiger partial charge >= 0.3 is 0 Å². The van der Waals surface area contributed by atoms with Crippen molar-refractivity contribution >= 4 is 55.0 Å². The van der Waals surface area contributed by atoms with E-state index in [-0.39, 0.29) is 18.4 Å². The van der Waals surface area contributed by atoms with Crippen LogP contribution in [0.1, 0.15) is 20.7 Å². The summed E-state index contributed by atoms with van der Waals surface area (Å²) in [5, 5.41) is 0. The van der Waals surface area contributed by atoms with E-state index in [2.05, 4.69) is 38.4 Å². The molecular formula is C9H5Br2NO2S. The zero-order chi connectivity index (χ0) is 11.2. The van der Waals surface area contributed by atoms with E-state index in [0.29, 0.717) is 18.7 Å². The van der Waals surface area contributed by atoms with E-state index < -0.39 is 0 Å². The van der Waals surface area contributed by atoms with Crippen LogP contribution in [-0.4, -0.2) is 23.3 Å². The molecular weight excluding hydrogens is 346 g/mol. The molecule has 0 radical (unpaired) electrons. The first-order valence-corrected chi connectivity index (χ1v) is 6.43. The Morgan fingerprint density at radius 3 is 2.07 bits per heavy atom. The van der Waals surface area contributed by atoms with Gasteiger partial charge in [-0.25, -0.2) is 0 Å². The fraction of sp³-hybridized carbons (Fsp3) is 0.111. The van der Waals surface area contributed by atoms with Gasteiger partial charge in [-0.3, -0.25) is 14.5 Å². The molecule has 0 saturated carbocycles. The van der Waals surface area contributed by atoms with E-state index in [0.717, 1.165) is 0 Å². The van der Waals surface area contributed by atoms with Crippen LogP contribution in [0.3, 0.4) is 0 Å². The highest BCUT2D eigenvalue weighted by molar-refractivity contribution is 9.12. The summed E-state index contributed by atoms with van der Waals surface area (Å²) in [6.45, 7) is 3.76. The summed E-state index contributed by atoms with van der Waals surface area (Å²) < 4.78 is 1.38. The van der Waals surface area contributed by atoms with Gasteiger partial charge in [-0.15, -0.1) is 17.9 Å². The van der Waals surface area contributed by atoms with E-state index in [1.54, 1.807) is 0 Å². The third-order valence-corrected chi connectivity index (χ3v) is 4.58. The molecule has 2 heterocycles. The van der Waals surface area contributed by atoms with Crippen LogP contribution < -0.4 is 0 Å². The smallest absolute Gasteiger partial charge is 0.263 e. The molecule has 1 aromatic heterocycles. The first kappa shape index (κ1) is 11.0. The van der Waals surface area contributed by atoms with Crippen molar-refractivity contribution in [1.29, 1.82) is 0 Å². The van der Waals surface area contributed by atoms with Gasteiger partial charge in [-0.1, -0.05) is 6.08 Å². The summed E-state index contributed by atoms with van der Waals surface area (Å²) in [6.07, 6.45) is 1.53. The Morgan fingerprint density at radius 2 is 1.67 bits per heavy atom. The van der Waals surface area contributed by atoms with E-state index in [9.17, 15) is 9.59 Å². The molecule has 1 aromatic rings. The normalized spacial score (nSPS) is 14.7. The van der Waals surface area contributed by atoms with E-state index in [4.69, 9.17) is 0 Å². The maximum absolute atomic E-state index is 11.8. The minimum atomic E-state index is -0.260. The Balaban J connectivity index is 2.56. The highest BCUT2D eigenvalue weighted by atomic mass is 79.9. The molecule has 1 aliphatic heterocycles. The number of fused-ring (bicyclic) bond motifs is 1. The minimum absolute atomic E-state index is 0.246. The Labute approximate surface area is 107 Å². The van der Waals surface area contributed by atoms with Crippen molar-refractivity contribution in [3.8, 4) is 0 Å². The number of amides is 2. The van der Waals surface area contributed by atoms with Crippen molar-refractivity contribution in [3.05, 3.63) is 31.4 Å². The molecule has 0 bridgehead atoms. The number of carbonyl (C=O) groups is 2. The molecule has 0 saturated heterocycles. The number of imide groups is 1. The lowest BCUT2D eigenvalue weighted by Gasteiger charge is -2.10. The molecule has 78 valence electrons. The maximum Gasteiger partial charge on any atom is 0.263 e. The minimum Gasteiger partial charge on any atom is -0.270 e. The van der Waals surface area contributed by atoms with E-state index in [1.165, 1.54) is 22.3 Å². The van der Waals surface area contributed by atoms with Gasteiger partial charge in [0.25, 0.3) is 11.8 Å². The Bertz CT molecular complexity index is 444. The van der Waals surface area contributed by atoms with E-state index >= 15 is 0 Å². The number of nitrogens with zero attached hydrogens (tertiary/aromatic N) is 1. The summed E-state index contributed by atoms with van der Waals surface area (Å²) in [5.74, 6) is -0.521. The van der Waals surface area contributed by atoms with Gasteiger partial charge in [0.2, 0.25) is 0 Å². The molecule has 2 rings (SSSR count). The van der Waals surface area contributed by atoms with Crippen molar-refractivity contribution < 1.29 is 9.59 Å². The quantitative estimate of drug-likeness (QED) is 0.607. The highest BCUT2D eigenvalue weighted by Crippen LogP contribution is 2.41. The predicted molar refractivity (Wildman–Crippen MR) is 65.3 cm³/mol. The first-order chi connectivity index (χ1) is 7.07. The second-order valence-corrected chi connectivity index (χ2v) is 6.57. The van der Waals surface area contributed by atoms with Crippen molar-refractivity contribution in [2.24, 2.45) is 0 Å². The largest absolute Gasteiger partial charge is 0.270 e. The monoisotopic (exact) mass is 349 g/mol. The average molecular weight is 351 g/mol. The second-order valence-electron chi connectivity index (χ2n) is 2.91. The van der Waals surface area contributed by atoms with Gasteiger partial charge in [0.15, 0.2) is 0 Å². The third-order valence-electron chi connectivity index (χ3n) is 2.05. The molecule has 3 nitrogen and oxygen atoms in total. The van der Waals surface area contributed by atoms with Crippen LogP contribution in [0.15, 0.2) is 20.2 Å². The second kappa shape index (κ2) is 3.84. The van der Waals surface area contributed by atoms with Crippen LogP contribution in [0.5, 0.6) is 0 Å². The molecule has 1 aliphatic rings. The van der Waals surface area contributed by atoms with Crippen molar-refractivity contribution in [2.45, 2.75) is 0 Å². The van der Waals surface area contributed by atoms with Crippen LogP contribution in [-0.2, 0) is 0 Å². The Kier molecular flexibility index (Phi) is 2.83. The lowest BCUT2D eigenvalue weighted by atomic mass is 10.2. The number of halogens is 2. The summed E-state index contributed by atoms with van der Waals surface area (Å²) in [7, 11) is 0. The molecule has 0 spiro atoms. The molecule has 0 aromatic carbocycles. The number of carbonyl (C=O) groups excluding carboxylic acids is 2. The van der Waals surface area contributed by atoms with Gasteiger partial charge in [-0.2, -0.15) is 0 Å². The Hall–Kier alpha value is -0.460. The predicted octanol–water partition coefficient (Wildman–Crippen LogP) is 3.06. The molecule has 2 amide bonds. The zero-order valence-electron chi connectivity index (χ0n) is 7.42.